The Morgan fingerprint density at radius 3 is 2.59 bits per heavy atom. The van der Waals surface area contributed by atoms with Gasteiger partial charge in [-0.2, -0.15) is 5.10 Å². The van der Waals surface area contributed by atoms with Crippen LogP contribution < -0.4 is 10.2 Å². The van der Waals surface area contributed by atoms with E-state index >= 15 is 0 Å². The van der Waals surface area contributed by atoms with Crippen molar-refractivity contribution in [1.82, 2.24) is 5.43 Å². The standard InChI is InChI=1S/C23H16ClN3O5/c1-31-22-12-15-5-3-2-4-14(15)10-18(22)23(28)26-25-13-17-7-9-21(32-17)16-6-8-19(24)20(11-16)27(29)30/h2-13H,1H3,(H,26,28)/b25-13+. The largest absolute Gasteiger partial charge is 0.496 e. The van der Waals surface area contributed by atoms with Gasteiger partial charge in [0.25, 0.3) is 11.6 Å². The smallest absolute Gasteiger partial charge is 0.288 e. The van der Waals surface area contributed by atoms with E-state index in [1.165, 1.54) is 25.5 Å². The molecule has 8 nitrogen and oxygen atoms in total. The molecular formula is C23H16ClN3O5. The van der Waals surface area contributed by atoms with Gasteiger partial charge in [-0.05, 0) is 47.2 Å². The highest BCUT2D eigenvalue weighted by Crippen LogP contribution is 2.31. The predicted octanol–water partition coefficient (Wildman–Crippen LogP) is 5.43. The number of fused-ring (bicyclic) bond motifs is 1. The molecule has 9 heteroatoms. The lowest BCUT2D eigenvalue weighted by Crippen LogP contribution is -2.18. The molecule has 0 spiro atoms. The Hall–Kier alpha value is -4.17. The summed E-state index contributed by atoms with van der Waals surface area (Å²) in [5, 5.41) is 16.9. The lowest BCUT2D eigenvalue weighted by molar-refractivity contribution is -0.384. The van der Waals surface area contributed by atoms with E-state index in [1.54, 1.807) is 30.3 Å². The van der Waals surface area contributed by atoms with Crippen molar-refractivity contribution in [2.24, 2.45) is 5.10 Å². The van der Waals surface area contributed by atoms with Crippen LogP contribution in [0.4, 0.5) is 5.69 Å². The number of furan rings is 1. The fraction of sp³-hybridized carbons (Fsp3) is 0.0435. The monoisotopic (exact) mass is 449 g/mol. The molecular weight excluding hydrogens is 434 g/mol. The molecule has 1 N–H and O–H groups in total. The van der Waals surface area contributed by atoms with Crippen molar-refractivity contribution >= 4 is 40.2 Å². The average molecular weight is 450 g/mol. The summed E-state index contributed by atoms with van der Waals surface area (Å²) in [7, 11) is 1.50. The summed E-state index contributed by atoms with van der Waals surface area (Å²) in [4.78, 5) is 23.1. The Kier molecular flexibility index (Phi) is 5.87. The molecule has 4 aromatic rings. The number of halogens is 1. The van der Waals surface area contributed by atoms with E-state index in [0.29, 0.717) is 28.4 Å². The number of ether oxygens (including phenoxy) is 1. The number of hydrogen-bond acceptors (Lipinski definition) is 6. The van der Waals surface area contributed by atoms with Gasteiger partial charge in [0.15, 0.2) is 0 Å². The molecule has 0 saturated heterocycles. The number of nitro groups is 1. The number of hydrazone groups is 1. The normalized spacial score (nSPS) is 11.1. The number of rotatable bonds is 6. The van der Waals surface area contributed by atoms with E-state index in [9.17, 15) is 14.9 Å². The molecule has 0 aliphatic rings. The maximum absolute atomic E-state index is 12.6. The second kappa shape index (κ2) is 8.91. The first kappa shape index (κ1) is 21.1. The molecule has 160 valence electrons. The van der Waals surface area contributed by atoms with Crippen molar-refractivity contribution in [3.8, 4) is 17.1 Å². The van der Waals surface area contributed by atoms with E-state index in [0.717, 1.165) is 10.8 Å². The number of amides is 1. The van der Waals surface area contributed by atoms with Gasteiger partial charge < -0.3 is 9.15 Å². The minimum atomic E-state index is -0.562. The van der Waals surface area contributed by atoms with Crippen LogP contribution in [-0.4, -0.2) is 24.2 Å². The van der Waals surface area contributed by atoms with E-state index in [1.807, 2.05) is 24.3 Å². The first-order valence-corrected chi connectivity index (χ1v) is 9.78. The molecule has 0 saturated carbocycles. The van der Waals surface area contributed by atoms with Crippen LogP contribution >= 0.6 is 11.6 Å². The quantitative estimate of drug-likeness (QED) is 0.240. The van der Waals surface area contributed by atoms with Gasteiger partial charge >= 0.3 is 0 Å². The number of nitro benzene ring substituents is 1. The zero-order valence-corrected chi connectivity index (χ0v) is 17.5. The summed E-state index contributed by atoms with van der Waals surface area (Å²) >= 11 is 5.84. The molecule has 0 atom stereocenters. The van der Waals surface area contributed by atoms with Crippen molar-refractivity contribution in [2.75, 3.05) is 7.11 Å². The van der Waals surface area contributed by atoms with Crippen LogP contribution in [0.2, 0.25) is 5.02 Å². The van der Waals surface area contributed by atoms with Gasteiger partial charge in [-0.3, -0.25) is 14.9 Å². The summed E-state index contributed by atoms with van der Waals surface area (Å²) in [6, 6.07) is 18.8. The molecule has 0 radical (unpaired) electrons. The molecule has 4 rings (SSSR count). The number of carbonyl (C=O) groups is 1. The molecule has 3 aromatic carbocycles. The van der Waals surface area contributed by atoms with E-state index in [-0.39, 0.29) is 10.7 Å². The summed E-state index contributed by atoms with van der Waals surface area (Å²) in [5.41, 5.74) is 3.07. The number of carbonyl (C=O) groups excluding carboxylic acids is 1. The summed E-state index contributed by atoms with van der Waals surface area (Å²) in [6.45, 7) is 0. The predicted molar refractivity (Wildman–Crippen MR) is 121 cm³/mol. The number of benzene rings is 3. The number of nitrogens with zero attached hydrogens (tertiary/aromatic N) is 2. The molecule has 1 aromatic heterocycles. The highest BCUT2D eigenvalue weighted by Gasteiger charge is 2.16. The third kappa shape index (κ3) is 4.30. The SMILES string of the molecule is COc1cc2ccccc2cc1C(=O)N/N=C/c1ccc(-c2ccc(Cl)c([N+](=O)[O-])c2)o1. The van der Waals surface area contributed by atoms with Crippen LogP contribution in [0, 0.1) is 10.1 Å². The van der Waals surface area contributed by atoms with Crippen molar-refractivity contribution in [1.29, 1.82) is 0 Å². The first-order chi connectivity index (χ1) is 15.5. The van der Waals surface area contributed by atoms with Crippen molar-refractivity contribution in [3.63, 3.8) is 0 Å². The fourth-order valence-electron chi connectivity index (χ4n) is 3.16. The minimum absolute atomic E-state index is 0.0407. The van der Waals surface area contributed by atoms with Crippen LogP contribution in [0.25, 0.3) is 22.1 Å². The maximum Gasteiger partial charge on any atom is 0.288 e. The van der Waals surface area contributed by atoms with E-state index in [4.69, 9.17) is 20.8 Å². The summed E-state index contributed by atoms with van der Waals surface area (Å²) in [6.07, 6.45) is 1.33. The van der Waals surface area contributed by atoms with E-state index < -0.39 is 10.8 Å². The summed E-state index contributed by atoms with van der Waals surface area (Å²) < 4.78 is 11.0. The van der Waals surface area contributed by atoms with Gasteiger partial charge in [0.1, 0.15) is 22.3 Å². The van der Waals surface area contributed by atoms with Crippen molar-refractivity contribution in [2.45, 2.75) is 0 Å². The second-order valence-electron chi connectivity index (χ2n) is 6.72. The van der Waals surface area contributed by atoms with E-state index in [2.05, 4.69) is 10.5 Å². The van der Waals surface area contributed by atoms with Crippen molar-refractivity contribution in [3.05, 3.63) is 93.2 Å². The third-order valence-electron chi connectivity index (χ3n) is 4.72. The third-order valence-corrected chi connectivity index (χ3v) is 5.04. The molecule has 0 fully saturated rings. The van der Waals surface area contributed by atoms with Crippen LogP contribution in [0.5, 0.6) is 5.75 Å². The highest BCUT2D eigenvalue weighted by molar-refractivity contribution is 6.32. The Morgan fingerprint density at radius 1 is 1.12 bits per heavy atom. The molecule has 32 heavy (non-hydrogen) atoms. The summed E-state index contributed by atoms with van der Waals surface area (Å²) in [5.74, 6) is 0.738. The Morgan fingerprint density at radius 2 is 1.88 bits per heavy atom. The van der Waals surface area contributed by atoms with Crippen molar-refractivity contribution < 1.29 is 18.9 Å². The zero-order chi connectivity index (χ0) is 22.7. The number of hydrogen-bond donors (Lipinski definition) is 1. The fourth-order valence-corrected chi connectivity index (χ4v) is 3.35. The van der Waals surface area contributed by atoms with Gasteiger partial charge in [0.2, 0.25) is 0 Å². The average Bonchev–Trinajstić information content (AvgIpc) is 3.27. The topological polar surface area (TPSA) is 107 Å². The van der Waals surface area contributed by atoms with Gasteiger partial charge in [-0.1, -0.05) is 35.9 Å². The van der Waals surface area contributed by atoms with Gasteiger partial charge in [-0.25, -0.2) is 5.43 Å². The van der Waals surface area contributed by atoms with Gasteiger partial charge in [0.05, 0.1) is 23.8 Å². The number of nitrogens with one attached hydrogen (secondary N) is 1. The van der Waals surface area contributed by atoms with Crippen LogP contribution in [-0.2, 0) is 0 Å². The lowest BCUT2D eigenvalue weighted by Gasteiger charge is -2.09. The van der Waals surface area contributed by atoms with Gasteiger partial charge in [-0.15, -0.1) is 0 Å². The Bertz CT molecular complexity index is 1360. The lowest BCUT2D eigenvalue weighted by atomic mass is 10.1. The molecule has 0 bridgehead atoms. The Balaban J connectivity index is 1.50. The maximum atomic E-state index is 12.6. The first-order valence-electron chi connectivity index (χ1n) is 9.40. The second-order valence-corrected chi connectivity index (χ2v) is 7.13. The molecule has 0 aliphatic carbocycles. The Labute approximate surface area is 187 Å². The van der Waals surface area contributed by atoms with Crippen LogP contribution in [0.15, 0.2) is 76.2 Å². The molecule has 0 aliphatic heterocycles. The highest BCUT2D eigenvalue weighted by atomic mass is 35.5. The van der Waals surface area contributed by atoms with Crippen LogP contribution in [0.1, 0.15) is 16.1 Å². The van der Waals surface area contributed by atoms with Gasteiger partial charge in [0, 0.05) is 11.6 Å². The zero-order valence-electron chi connectivity index (χ0n) is 16.7. The molecule has 1 heterocycles. The van der Waals surface area contributed by atoms with Crippen LogP contribution in [0.3, 0.4) is 0 Å². The minimum Gasteiger partial charge on any atom is -0.496 e. The number of methoxy groups -OCH3 is 1. The molecule has 1 amide bonds. The molecule has 0 unspecified atom stereocenters.